The molecule has 0 heterocycles. The molecule has 0 aliphatic rings. The summed E-state index contributed by atoms with van der Waals surface area (Å²) >= 11 is 0. The molecule has 2 N–H and O–H groups in total. The molecule has 2 rings (SSSR count). The van der Waals surface area contributed by atoms with E-state index in [0.29, 0.717) is 0 Å². The van der Waals surface area contributed by atoms with Gasteiger partial charge in [0.05, 0.1) is 6.10 Å². The number of para-hydroxylation sites is 1. The van der Waals surface area contributed by atoms with Crippen molar-refractivity contribution in [1.82, 2.24) is 0 Å². The van der Waals surface area contributed by atoms with Gasteiger partial charge in [0.1, 0.15) is 0 Å². The van der Waals surface area contributed by atoms with E-state index in [1.54, 1.807) is 0 Å². The van der Waals surface area contributed by atoms with Crippen LogP contribution >= 0.6 is 0 Å². The van der Waals surface area contributed by atoms with E-state index >= 15 is 0 Å². The molecule has 2 heteroatoms. The molecule has 30 heavy (non-hydrogen) atoms. The van der Waals surface area contributed by atoms with Crippen LogP contribution in [0.3, 0.4) is 0 Å². The van der Waals surface area contributed by atoms with Gasteiger partial charge in [-0.25, -0.2) is 0 Å². The molecule has 0 radical (unpaired) electrons. The first-order valence-corrected chi connectivity index (χ1v) is 12.4. The number of rotatable bonds is 17. The molecule has 0 aromatic heterocycles. The Bertz CT molecular complexity index is 637. The maximum atomic E-state index is 10.2. The van der Waals surface area contributed by atoms with Crippen molar-refractivity contribution in [2.45, 2.75) is 103 Å². The quantitative estimate of drug-likeness (QED) is 0.257. The van der Waals surface area contributed by atoms with Gasteiger partial charge in [0, 0.05) is 11.4 Å². The summed E-state index contributed by atoms with van der Waals surface area (Å²) in [5.74, 6) is 0. The second-order valence-electron chi connectivity index (χ2n) is 8.70. The first-order chi connectivity index (χ1) is 14.8. The molecule has 166 valence electrons. The van der Waals surface area contributed by atoms with E-state index in [-0.39, 0.29) is 6.10 Å². The van der Waals surface area contributed by atoms with Gasteiger partial charge < -0.3 is 10.4 Å². The number of unbranched alkanes of at least 4 members (excludes halogenated alkanes) is 9. The standard InChI is InChI=1S/C28H43NO/c1-2-3-4-5-6-7-8-9-10-14-19-28(30)20-15-16-25-21-23-27(24-22-25)29-26-17-12-11-13-18-26/h11-13,17-18,21-24,28-30H,2-10,14-16,19-20H2,1H3. The molecule has 0 aliphatic heterocycles. The zero-order valence-corrected chi connectivity index (χ0v) is 19.1. The Balaban J connectivity index is 1.47. The van der Waals surface area contributed by atoms with Crippen molar-refractivity contribution in [3.05, 3.63) is 60.2 Å². The third kappa shape index (κ3) is 11.4. The number of anilines is 2. The summed E-state index contributed by atoms with van der Waals surface area (Å²) in [5.41, 5.74) is 3.58. The monoisotopic (exact) mass is 409 g/mol. The van der Waals surface area contributed by atoms with Crippen molar-refractivity contribution < 1.29 is 5.11 Å². The summed E-state index contributed by atoms with van der Waals surface area (Å²) in [4.78, 5) is 0. The molecular formula is C28H43NO. The fourth-order valence-corrected chi connectivity index (χ4v) is 4.00. The molecule has 0 bridgehead atoms. The molecule has 0 fully saturated rings. The number of benzene rings is 2. The summed E-state index contributed by atoms with van der Waals surface area (Å²) in [6.45, 7) is 2.27. The molecule has 0 amide bonds. The van der Waals surface area contributed by atoms with Gasteiger partial charge in [0.15, 0.2) is 0 Å². The highest BCUT2D eigenvalue weighted by atomic mass is 16.3. The Labute approximate surface area is 185 Å². The third-order valence-corrected chi connectivity index (χ3v) is 5.91. The minimum Gasteiger partial charge on any atom is -0.393 e. The molecule has 0 aliphatic carbocycles. The van der Waals surface area contributed by atoms with Gasteiger partial charge in [0.2, 0.25) is 0 Å². The highest BCUT2D eigenvalue weighted by Gasteiger charge is 2.04. The summed E-state index contributed by atoms with van der Waals surface area (Å²) in [5, 5.41) is 13.7. The van der Waals surface area contributed by atoms with Gasteiger partial charge in [-0.2, -0.15) is 0 Å². The SMILES string of the molecule is CCCCCCCCCCCCC(O)CCCc1ccc(Nc2ccccc2)cc1. The summed E-state index contributed by atoms with van der Waals surface area (Å²) in [7, 11) is 0. The van der Waals surface area contributed by atoms with Gasteiger partial charge >= 0.3 is 0 Å². The van der Waals surface area contributed by atoms with Crippen molar-refractivity contribution in [3.8, 4) is 0 Å². The van der Waals surface area contributed by atoms with Crippen molar-refractivity contribution in [3.63, 3.8) is 0 Å². The highest BCUT2D eigenvalue weighted by Crippen LogP contribution is 2.18. The van der Waals surface area contributed by atoms with Crippen molar-refractivity contribution in [1.29, 1.82) is 0 Å². The maximum absolute atomic E-state index is 10.2. The molecule has 0 saturated heterocycles. The lowest BCUT2D eigenvalue weighted by Crippen LogP contribution is -2.06. The number of hydrogen-bond donors (Lipinski definition) is 2. The molecule has 2 nitrogen and oxygen atoms in total. The number of aryl methyl sites for hydroxylation is 1. The lowest BCUT2D eigenvalue weighted by Gasteiger charge is -2.11. The Morgan fingerprint density at radius 2 is 1.17 bits per heavy atom. The van der Waals surface area contributed by atoms with Crippen molar-refractivity contribution in [2.75, 3.05) is 5.32 Å². The smallest absolute Gasteiger partial charge is 0.0540 e. The van der Waals surface area contributed by atoms with Crippen LogP contribution in [-0.4, -0.2) is 11.2 Å². The van der Waals surface area contributed by atoms with Crippen LogP contribution in [0.2, 0.25) is 0 Å². The van der Waals surface area contributed by atoms with Crippen LogP contribution < -0.4 is 5.32 Å². The van der Waals surface area contributed by atoms with Crippen LogP contribution in [0.5, 0.6) is 0 Å². The zero-order valence-electron chi connectivity index (χ0n) is 19.1. The molecule has 0 saturated carbocycles. The molecule has 1 atom stereocenters. The first kappa shape index (κ1) is 24.5. The summed E-state index contributed by atoms with van der Waals surface area (Å²) in [6, 6.07) is 18.9. The van der Waals surface area contributed by atoms with Crippen LogP contribution in [0.4, 0.5) is 11.4 Å². The number of aliphatic hydroxyl groups excluding tert-OH is 1. The Morgan fingerprint density at radius 1 is 0.633 bits per heavy atom. The summed E-state index contributed by atoms with van der Waals surface area (Å²) in [6.07, 6.45) is 17.4. The second-order valence-corrected chi connectivity index (χ2v) is 8.70. The number of aliphatic hydroxyl groups is 1. The molecule has 2 aromatic rings. The van der Waals surface area contributed by atoms with Gasteiger partial charge in [-0.05, 0) is 55.5 Å². The van der Waals surface area contributed by atoms with E-state index in [1.807, 2.05) is 18.2 Å². The van der Waals surface area contributed by atoms with E-state index in [1.165, 1.54) is 69.8 Å². The van der Waals surface area contributed by atoms with E-state index in [2.05, 4.69) is 48.6 Å². The average Bonchev–Trinajstić information content (AvgIpc) is 2.77. The third-order valence-electron chi connectivity index (χ3n) is 5.91. The average molecular weight is 410 g/mol. The molecule has 0 spiro atoms. The van der Waals surface area contributed by atoms with Gasteiger partial charge in [-0.1, -0.05) is 101 Å². The first-order valence-electron chi connectivity index (χ1n) is 12.4. The van der Waals surface area contributed by atoms with E-state index < -0.39 is 0 Å². The van der Waals surface area contributed by atoms with Crippen LogP contribution in [0, 0.1) is 0 Å². The topological polar surface area (TPSA) is 32.3 Å². The van der Waals surface area contributed by atoms with E-state index in [0.717, 1.165) is 37.1 Å². The predicted molar refractivity (Wildman–Crippen MR) is 132 cm³/mol. The van der Waals surface area contributed by atoms with Crippen LogP contribution in [0.1, 0.15) is 96.0 Å². The minimum atomic E-state index is -0.127. The largest absolute Gasteiger partial charge is 0.393 e. The molecular weight excluding hydrogens is 366 g/mol. The highest BCUT2D eigenvalue weighted by molar-refractivity contribution is 5.59. The minimum absolute atomic E-state index is 0.127. The second kappa shape index (κ2) is 16.0. The molecule has 2 aromatic carbocycles. The lowest BCUT2D eigenvalue weighted by molar-refractivity contribution is 0.148. The van der Waals surface area contributed by atoms with Crippen molar-refractivity contribution >= 4 is 11.4 Å². The summed E-state index contributed by atoms with van der Waals surface area (Å²) < 4.78 is 0. The van der Waals surface area contributed by atoms with Crippen LogP contribution in [0.15, 0.2) is 54.6 Å². The van der Waals surface area contributed by atoms with Gasteiger partial charge in [-0.15, -0.1) is 0 Å². The zero-order chi connectivity index (χ0) is 21.3. The Morgan fingerprint density at radius 3 is 1.80 bits per heavy atom. The number of hydrogen-bond acceptors (Lipinski definition) is 2. The predicted octanol–water partition coefficient (Wildman–Crippen LogP) is 8.42. The Hall–Kier alpha value is -1.80. The fraction of sp³-hybridized carbons (Fsp3) is 0.571. The fourth-order valence-electron chi connectivity index (χ4n) is 4.00. The van der Waals surface area contributed by atoms with Gasteiger partial charge in [-0.3, -0.25) is 0 Å². The number of nitrogens with one attached hydrogen (secondary N) is 1. The maximum Gasteiger partial charge on any atom is 0.0540 e. The lowest BCUT2D eigenvalue weighted by atomic mass is 10.0. The van der Waals surface area contributed by atoms with Gasteiger partial charge in [0.25, 0.3) is 0 Å². The normalized spacial score (nSPS) is 12.1. The van der Waals surface area contributed by atoms with Crippen LogP contribution in [0.25, 0.3) is 0 Å². The van der Waals surface area contributed by atoms with Crippen molar-refractivity contribution in [2.24, 2.45) is 0 Å². The van der Waals surface area contributed by atoms with E-state index in [4.69, 9.17) is 0 Å². The van der Waals surface area contributed by atoms with E-state index in [9.17, 15) is 5.11 Å². The molecule has 1 unspecified atom stereocenters. The van der Waals surface area contributed by atoms with Crippen LogP contribution in [-0.2, 0) is 6.42 Å². The Kier molecular flexibility index (Phi) is 13.0.